The fourth-order valence-corrected chi connectivity index (χ4v) is 2.58. The molecule has 0 aromatic heterocycles. The Morgan fingerprint density at radius 3 is 2.19 bits per heavy atom. The van der Waals surface area contributed by atoms with Gasteiger partial charge in [-0.05, 0) is 17.9 Å². The summed E-state index contributed by atoms with van der Waals surface area (Å²) in [5, 5.41) is 28.6. The van der Waals surface area contributed by atoms with Crippen molar-refractivity contribution in [3.05, 3.63) is 17.7 Å². The summed E-state index contributed by atoms with van der Waals surface area (Å²) in [5.74, 6) is -1.03. The first-order valence-corrected chi connectivity index (χ1v) is 5.30. The Labute approximate surface area is 94.3 Å². The Bertz CT molecular complexity index is 442. The van der Waals surface area contributed by atoms with E-state index < -0.39 is 5.75 Å². The van der Waals surface area contributed by atoms with Crippen LogP contribution in [0.3, 0.4) is 0 Å². The monoisotopic (exact) mass is 223 g/mol. The highest BCUT2D eigenvalue weighted by atomic mass is 16.3. The highest BCUT2D eigenvalue weighted by Crippen LogP contribution is 2.66. The minimum atomic E-state index is -0.465. The third-order valence-corrected chi connectivity index (χ3v) is 3.91. The van der Waals surface area contributed by atoms with Crippen molar-refractivity contribution in [3.8, 4) is 17.2 Å². The van der Waals surface area contributed by atoms with Crippen LogP contribution in [0.4, 0.5) is 0 Å². The van der Waals surface area contributed by atoms with E-state index in [1.165, 1.54) is 6.07 Å². The summed E-state index contributed by atoms with van der Waals surface area (Å²) in [6.45, 7) is 4.56. The van der Waals surface area contributed by atoms with Crippen LogP contribution in [0.15, 0.2) is 12.1 Å². The maximum absolute atomic E-state index is 9.85. The number of benzene rings is 1. The molecule has 1 aromatic carbocycles. The van der Waals surface area contributed by atoms with Crippen LogP contribution in [-0.4, -0.2) is 21.9 Å². The first-order valence-electron chi connectivity index (χ1n) is 5.30. The highest BCUT2D eigenvalue weighted by Gasteiger charge is 2.62. The van der Waals surface area contributed by atoms with Gasteiger partial charge in [-0.25, -0.2) is 0 Å². The molecule has 88 valence electrons. The number of phenols is 3. The van der Waals surface area contributed by atoms with Crippen molar-refractivity contribution in [1.82, 2.24) is 0 Å². The molecule has 5 N–H and O–H groups in total. The normalized spacial score (nSPS) is 26.7. The van der Waals surface area contributed by atoms with E-state index in [0.29, 0.717) is 12.1 Å². The van der Waals surface area contributed by atoms with E-state index in [1.807, 2.05) is 0 Å². The molecular formula is C12H17NO3. The largest absolute Gasteiger partial charge is 0.504 e. The van der Waals surface area contributed by atoms with Gasteiger partial charge >= 0.3 is 0 Å². The molecule has 4 nitrogen and oxygen atoms in total. The summed E-state index contributed by atoms with van der Waals surface area (Å²) in [6, 6.07) is 3.02. The van der Waals surface area contributed by atoms with Gasteiger partial charge in [0.25, 0.3) is 0 Å². The fourth-order valence-electron chi connectivity index (χ4n) is 2.58. The molecular weight excluding hydrogens is 206 g/mol. The van der Waals surface area contributed by atoms with Crippen LogP contribution in [0.5, 0.6) is 17.2 Å². The molecule has 2 rings (SSSR count). The van der Waals surface area contributed by atoms with Crippen molar-refractivity contribution in [3.63, 3.8) is 0 Å². The van der Waals surface area contributed by atoms with Crippen LogP contribution in [0, 0.1) is 5.41 Å². The SMILES string of the molecule is CC1(C)CC1(CN)c1ccc(O)c(O)c1O. The van der Waals surface area contributed by atoms with Gasteiger partial charge in [-0.3, -0.25) is 0 Å². The van der Waals surface area contributed by atoms with Crippen molar-refractivity contribution in [2.75, 3.05) is 6.54 Å². The molecule has 0 bridgehead atoms. The maximum atomic E-state index is 9.85. The molecule has 0 heterocycles. The maximum Gasteiger partial charge on any atom is 0.200 e. The lowest BCUT2D eigenvalue weighted by Crippen LogP contribution is -2.25. The predicted octanol–water partition coefficient (Wildman–Crippen LogP) is 1.43. The standard InChI is InChI=1S/C12H17NO3/c1-11(2)5-12(11,6-13)7-3-4-8(14)10(16)9(7)15/h3-4,14-16H,5-6,13H2,1-2H3. The zero-order valence-electron chi connectivity index (χ0n) is 9.49. The van der Waals surface area contributed by atoms with Crippen LogP contribution in [0.1, 0.15) is 25.8 Å². The third kappa shape index (κ3) is 1.19. The predicted molar refractivity (Wildman–Crippen MR) is 60.6 cm³/mol. The molecule has 16 heavy (non-hydrogen) atoms. The number of hydrogen-bond acceptors (Lipinski definition) is 4. The fraction of sp³-hybridized carbons (Fsp3) is 0.500. The molecule has 1 aliphatic rings. The Hall–Kier alpha value is -1.42. The topological polar surface area (TPSA) is 86.7 Å². The van der Waals surface area contributed by atoms with Crippen molar-refractivity contribution in [2.45, 2.75) is 25.7 Å². The summed E-state index contributed by atoms with van der Waals surface area (Å²) < 4.78 is 0. The summed E-state index contributed by atoms with van der Waals surface area (Å²) >= 11 is 0. The Kier molecular flexibility index (Phi) is 2.11. The summed E-state index contributed by atoms with van der Waals surface area (Å²) in [4.78, 5) is 0. The van der Waals surface area contributed by atoms with Crippen LogP contribution >= 0.6 is 0 Å². The molecule has 1 unspecified atom stereocenters. The van der Waals surface area contributed by atoms with Crippen LogP contribution in [-0.2, 0) is 5.41 Å². The Balaban J connectivity index is 2.54. The minimum Gasteiger partial charge on any atom is -0.504 e. The van der Waals surface area contributed by atoms with Gasteiger partial charge in [-0.15, -0.1) is 0 Å². The Morgan fingerprint density at radius 1 is 1.19 bits per heavy atom. The molecule has 1 aliphatic carbocycles. The van der Waals surface area contributed by atoms with Crippen LogP contribution in [0.2, 0.25) is 0 Å². The van der Waals surface area contributed by atoms with Crippen LogP contribution in [0.25, 0.3) is 0 Å². The molecule has 4 heteroatoms. The zero-order chi connectivity index (χ0) is 12.1. The second-order valence-corrected chi connectivity index (χ2v) is 5.18. The summed E-state index contributed by atoms with van der Waals surface area (Å²) in [6.07, 6.45) is 0.869. The quantitative estimate of drug-likeness (QED) is 0.571. The lowest BCUT2D eigenvalue weighted by molar-refractivity contribution is 0.358. The van der Waals surface area contributed by atoms with Crippen molar-refractivity contribution < 1.29 is 15.3 Å². The number of phenolic OH excluding ortho intramolecular Hbond substituents is 3. The minimum absolute atomic E-state index is 0.0165. The second-order valence-electron chi connectivity index (χ2n) is 5.18. The molecule has 0 radical (unpaired) electrons. The van der Waals surface area contributed by atoms with Crippen molar-refractivity contribution in [2.24, 2.45) is 11.1 Å². The number of rotatable bonds is 2. The molecule has 1 atom stereocenters. The van der Waals surface area contributed by atoms with Gasteiger partial charge in [0, 0.05) is 17.5 Å². The van der Waals surface area contributed by atoms with E-state index in [-0.39, 0.29) is 22.3 Å². The highest BCUT2D eigenvalue weighted by molar-refractivity contribution is 5.58. The lowest BCUT2D eigenvalue weighted by atomic mass is 9.87. The van der Waals surface area contributed by atoms with Gasteiger partial charge in [0.1, 0.15) is 0 Å². The van der Waals surface area contributed by atoms with Gasteiger partial charge in [-0.2, -0.15) is 0 Å². The van der Waals surface area contributed by atoms with Gasteiger partial charge < -0.3 is 21.1 Å². The zero-order valence-corrected chi connectivity index (χ0v) is 9.49. The molecule has 1 saturated carbocycles. The summed E-state index contributed by atoms with van der Waals surface area (Å²) in [5.41, 5.74) is 6.13. The average Bonchev–Trinajstić information content (AvgIpc) is 2.79. The van der Waals surface area contributed by atoms with E-state index >= 15 is 0 Å². The van der Waals surface area contributed by atoms with Crippen LogP contribution < -0.4 is 5.73 Å². The van der Waals surface area contributed by atoms with Gasteiger partial charge in [0.2, 0.25) is 5.75 Å². The van der Waals surface area contributed by atoms with E-state index in [1.54, 1.807) is 6.07 Å². The van der Waals surface area contributed by atoms with E-state index in [0.717, 1.165) is 6.42 Å². The van der Waals surface area contributed by atoms with E-state index in [9.17, 15) is 15.3 Å². The number of aromatic hydroxyl groups is 3. The van der Waals surface area contributed by atoms with Crippen molar-refractivity contribution in [1.29, 1.82) is 0 Å². The van der Waals surface area contributed by atoms with E-state index in [2.05, 4.69) is 13.8 Å². The van der Waals surface area contributed by atoms with Gasteiger partial charge in [0.05, 0.1) is 0 Å². The van der Waals surface area contributed by atoms with Gasteiger partial charge in [-0.1, -0.05) is 19.9 Å². The smallest absolute Gasteiger partial charge is 0.200 e. The average molecular weight is 223 g/mol. The first-order chi connectivity index (χ1) is 7.35. The molecule has 0 spiro atoms. The van der Waals surface area contributed by atoms with Crippen molar-refractivity contribution >= 4 is 0 Å². The Morgan fingerprint density at radius 2 is 1.75 bits per heavy atom. The number of nitrogens with two attached hydrogens (primary N) is 1. The summed E-state index contributed by atoms with van der Waals surface area (Å²) in [7, 11) is 0. The molecule has 0 saturated heterocycles. The van der Waals surface area contributed by atoms with Gasteiger partial charge in [0.15, 0.2) is 11.5 Å². The molecule has 1 aromatic rings. The third-order valence-electron chi connectivity index (χ3n) is 3.91. The first kappa shape index (κ1) is 11.1. The number of hydrogen-bond donors (Lipinski definition) is 4. The van der Waals surface area contributed by atoms with E-state index in [4.69, 9.17) is 5.73 Å². The molecule has 0 aliphatic heterocycles. The second kappa shape index (κ2) is 3.04. The lowest BCUT2D eigenvalue weighted by Gasteiger charge is -2.20. The molecule has 1 fully saturated rings. The molecule has 0 amide bonds.